The van der Waals surface area contributed by atoms with E-state index < -0.39 is 55.9 Å². The Labute approximate surface area is 285 Å². The minimum absolute atomic E-state index is 0.160. The highest BCUT2D eigenvalue weighted by Gasteiger charge is 2.46. The summed E-state index contributed by atoms with van der Waals surface area (Å²) < 4.78 is 17.6. The normalized spacial score (nSPS) is 21.9. The lowest BCUT2D eigenvalue weighted by Crippen LogP contribution is -2.65. The SMILES string of the molecule is CCCCCCCC/C=C\CCCCCCCC(=O)N[C@H]1[C@@H](OCCCCCCCC)O[C@H](COCC(CO)(CO)CO)[C@@H](O)[C@@H]1O. The van der Waals surface area contributed by atoms with Crippen molar-refractivity contribution in [2.75, 3.05) is 39.6 Å². The van der Waals surface area contributed by atoms with E-state index in [4.69, 9.17) is 14.2 Å². The molecule has 1 aliphatic heterocycles. The third-order valence-electron chi connectivity index (χ3n) is 9.17. The highest BCUT2D eigenvalue weighted by Crippen LogP contribution is 2.25. The van der Waals surface area contributed by atoms with E-state index in [1.165, 1.54) is 64.2 Å². The maximum absolute atomic E-state index is 12.9. The van der Waals surface area contributed by atoms with Crippen LogP contribution in [-0.4, -0.2) is 102 Å². The monoisotopic (exact) mass is 674 g/mol. The highest BCUT2D eigenvalue weighted by molar-refractivity contribution is 5.76. The molecule has 0 aromatic rings. The fourth-order valence-corrected chi connectivity index (χ4v) is 5.74. The zero-order chi connectivity index (χ0) is 34.6. The van der Waals surface area contributed by atoms with Gasteiger partial charge >= 0.3 is 0 Å². The van der Waals surface area contributed by atoms with Crippen molar-refractivity contribution < 1.29 is 44.5 Å². The van der Waals surface area contributed by atoms with Gasteiger partial charge in [-0.3, -0.25) is 4.79 Å². The summed E-state index contributed by atoms with van der Waals surface area (Å²) >= 11 is 0. The number of ether oxygens (including phenoxy) is 3. The van der Waals surface area contributed by atoms with E-state index in [1.54, 1.807) is 0 Å². The van der Waals surface area contributed by atoms with E-state index >= 15 is 0 Å². The summed E-state index contributed by atoms with van der Waals surface area (Å²) in [4.78, 5) is 12.9. The number of hydrogen-bond donors (Lipinski definition) is 6. The minimum atomic E-state index is -1.36. The summed E-state index contributed by atoms with van der Waals surface area (Å²) in [5.41, 5.74) is -1.23. The second-order valence-electron chi connectivity index (χ2n) is 13.6. The molecule has 1 aliphatic rings. The minimum Gasteiger partial charge on any atom is -0.396 e. The van der Waals surface area contributed by atoms with Crippen LogP contribution < -0.4 is 5.32 Å². The van der Waals surface area contributed by atoms with Gasteiger partial charge in [0.1, 0.15) is 24.4 Å². The molecule has 0 aromatic carbocycles. The van der Waals surface area contributed by atoms with Gasteiger partial charge in [0.15, 0.2) is 6.29 Å². The molecular formula is C37H71NO9. The topological polar surface area (TPSA) is 158 Å². The van der Waals surface area contributed by atoms with Crippen molar-refractivity contribution in [2.24, 2.45) is 5.41 Å². The second-order valence-corrected chi connectivity index (χ2v) is 13.6. The smallest absolute Gasteiger partial charge is 0.220 e. The van der Waals surface area contributed by atoms with Crippen LogP contribution in [0.25, 0.3) is 0 Å². The highest BCUT2D eigenvalue weighted by atomic mass is 16.7. The van der Waals surface area contributed by atoms with Crippen LogP contribution in [0.3, 0.4) is 0 Å². The number of carbonyl (C=O) groups is 1. The number of amides is 1. The zero-order valence-electron chi connectivity index (χ0n) is 29.8. The number of carbonyl (C=O) groups excluding carboxylic acids is 1. The van der Waals surface area contributed by atoms with E-state index in [1.807, 2.05) is 0 Å². The van der Waals surface area contributed by atoms with Crippen LogP contribution in [0, 0.1) is 5.41 Å². The Balaban J connectivity index is 2.47. The van der Waals surface area contributed by atoms with Gasteiger partial charge in [-0.2, -0.15) is 0 Å². The number of aliphatic hydroxyl groups excluding tert-OH is 5. The first kappa shape index (κ1) is 43.9. The van der Waals surface area contributed by atoms with Crippen LogP contribution in [0.2, 0.25) is 0 Å². The molecule has 47 heavy (non-hydrogen) atoms. The Morgan fingerprint density at radius 1 is 0.723 bits per heavy atom. The summed E-state index contributed by atoms with van der Waals surface area (Å²) in [6, 6.07) is -0.941. The van der Waals surface area contributed by atoms with Crippen molar-refractivity contribution in [3.05, 3.63) is 12.2 Å². The number of unbranched alkanes of at least 4 members (excludes halogenated alkanes) is 16. The van der Waals surface area contributed by atoms with Gasteiger partial charge in [-0.05, 0) is 38.5 Å². The van der Waals surface area contributed by atoms with Crippen molar-refractivity contribution in [2.45, 2.75) is 173 Å². The Kier molecular flexibility index (Phi) is 26.8. The molecule has 0 saturated carbocycles. The van der Waals surface area contributed by atoms with Crippen LogP contribution in [0.15, 0.2) is 12.2 Å². The van der Waals surface area contributed by atoms with Gasteiger partial charge in [-0.25, -0.2) is 0 Å². The number of aliphatic hydroxyl groups is 5. The third kappa shape index (κ3) is 19.6. The average molecular weight is 674 g/mol. The molecule has 0 bridgehead atoms. The first-order chi connectivity index (χ1) is 22.9. The molecular weight excluding hydrogens is 602 g/mol. The predicted octanol–water partition coefficient (Wildman–Crippen LogP) is 5.31. The molecule has 0 aromatic heterocycles. The summed E-state index contributed by atoms with van der Waals surface area (Å²) in [5.74, 6) is -0.219. The Morgan fingerprint density at radius 2 is 1.23 bits per heavy atom. The molecule has 1 amide bonds. The van der Waals surface area contributed by atoms with Crippen LogP contribution in [0.5, 0.6) is 0 Å². The van der Waals surface area contributed by atoms with Crippen molar-refractivity contribution in [1.29, 1.82) is 0 Å². The standard InChI is InChI=1S/C37H71NO9/c1-3-5-7-9-11-12-13-14-15-16-17-18-19-20-22-24-32(42)38-33-35(44)34(43)31(26-45-30-37(27-39,28-40)29-41)47-36(33)46-25-23-21-10-8-6-4-2/h14-15,31,33-36,39-41,43-44H,3-13,16-30H2,1-2H3,(H,38,42)/b15-14-/t31-,33-,34-,35-,36+/m1/s1. The van der Waals surface area contributed by atoms with E-state index in [-0.39, 0.29) is 19.1 Å². The van der Waals surface area contributed by atoms with E-state index in [9.17, 15) is 30.3 Å². The van der Waals surface area contributed by atoms with Crippen LogP contribution in [0.1, 0.15) is 142 Å². The van der Waals surface area contributed by atoms with E-state index in [0.717, 1.165) is 57.8 Å². The first-order valence-corrected chi connectivity index (χ1v) is 18.9. The Hall–Kier alpha value is -1.11. The van der Waals surface area contributed by atoms with Gasteiger partial charge < -0.3 is 45.1 Å². The molecule has 10 nitrogen and oxygen atoms in total. The second kappa shape index (κ2) is 28.7. The molecule has 1 saturated heterocycles. The number of rotatable bonds is 31. The molecule has 0 unspecified atom stereocenters. The zero-order valence-corrected chi connectivity index (χ0v) is 29.8. The average Bonchev–Trinajstić information content (AvgIpc) is 3.08. The molecule has 6 N–H and O–H groups in total. The van der Waals surface area contributed by atoms with Gasteiger partial charge in [-0.1, -0.05) is 109 Å². The lowest BCUT2D eigenvalue weighted by atomic mass is 9.92. The molecule has 5 atom stereocenters. The summed E-state index contributed by atoms with van der Waals surface area (Å²) in [6.07, 6.45) is 22.1. The van der Waals surface area contributed by atoms with Gasteiger partial charge in [0.2, 0.25) is 5.91 Å². The Morgan fingerprint density at radius 3 is 1.79 bits per heavy atom. The molecule has 1 rings (SSSR count). The molecule has 278 valence electrons. The van der Waals surface area contributed by atoms with Gasteiger partial charge in [0.25, 0.3) is 0 Å². The maximum atomic E-state index is 12.9. The largest absolute Gasteiger partial charge is 0.396 e. The van der Waals surface area contributed by atoms with Crippen LogP contribution in [-0.2, 0) is 19.0 Å². The van der Waals surface area contributed by atoms with Crippen molar-refractivity contribution in [3.8, 4) is 0 Å². The molecule has 0 aliphatic carbocycles. The van der Waals surface area contributed by atoms with Gasteiger partial charge in [0, 0.05) is 13.0 Å². The summed E-state index contributed by atoms with van der Waals surface area (Å²) in [7, 11) is 0. The predicted molar refractivity (Wildman–Crippen MR) is 186 cm³/mol. The van der Waals surface area contributed by atoms with E-state index in [0.29, 0.717) is 13.0 Å². The van der Waals surface area contributed by atoms with E-state index in [2.05, 4.69) is 31.3 Å². The third-order valence-corrected chi connectivity index (χ3v) is 9.17. The molecule has 10 heteroatoms. The molecule has 1 fully saturated rings. The number of hydrogen-bond acceptors (Lipinski definition) is 9. The van der Waals surface area contributed by atoms with Crippen molar-refractivity contribution in [3.63, 3.8) is 0 Å². The quantitative estimate of drug-likeness (QED) is 0.0424. The fraction of sp³-hybridized carbons (Fsp3) is 0.919. The van der Waals surface area contributed by atoms with Crippen LogP contribution in [0.4, 0.5) is 0 Å². The molecule has 0 spiro atoms. The van der Waals surface area contributed by atoms with Crippen molar-refractivity contribution in [1.82, 2.24) is 5.32 Å². The first-order valence-electron chi connectivity index (χ1n) is 18.9. The summed E-state index contributed by atoms with van der Waals surface area (Å²) in [6.45, 7) is 3.04. The fourth-order valence-electron chi connectivity index (χ4n) is 5.74. The number of nitrogens with one attached hydrogen (secondary N) is 1. The molecule has 0 radical (unpaired) electrons. The molecule has 1 heterocycles. The summed E-state index contributed by atoms with van der Waals surface area (Å²) in [5, 5.41) is 53.4. The van der Waals surface area contributed by atoms with Crippen molar-refractivity contribution >= 4 is 5.91 Å². The lowest BCUT2D eigenvalue weighted by molar-refractivity contribution is -0.274. The van der Waals surface area contributed by atoms with Gasteiger partial charge in [-0.15, -0.1) is 0 Å². The number of allylic oxidation sites excluding steroid dienone is 2. The lowest BCUT2D eigenvalue weighted by Gasteiger charge is -2.43. The van der Waals surface area contributed by atoms with Crippen LogP contribution >= 0.6 is 0 Å². The van der Waals surface area contributed by atoms with Gasteiger partial charge in [0.05, 0.1) is 38.4 Å². The Bertz CT molecular complexity index is 756. The maximum Gasteiger partial charge on any atom is 0.220 e.